The van der Waals surface area contributed by atoms with Gasteiger partial charge in [-0.3, -0.25) is 4.79 Å². The van der Waals surface area contributed by atoms with Crippen LogP contribution in [0.5, 0.6) is 5.75 Å². The molecule has 0 bridgehead atoms. The van der Waals surface area contributed by atoms with Crippen LogP contribution in [0.25, 0.3) is 16.8 Å². The highest BCUT2D eigenvalue weighted by Gasteiger charge is 2.28. The SMILES string of the molecule is COc1ccc(/C=C2\SC(N3CCN(c4cccc5ccccc45)CC3)=NC2=O)cc1. The summed E-state index contributed by atoms with van der Waals surface area (Å²) in [7, 11) is 1.64. The van der Waals surface area contributed by atoms with Crippen LogP contribution in [0.15, 0.2) is 76.6 Å². The standard InChI is InChI=1S/C25H23N3O2S/c1-30-20-11-9-18(10-12-20)17-23-24(29)26-25(31-23)28-15-13-27(14-16-28)22-8-4-6-19-5-2-3-7-21(19)22/h2-12,17H,13-16H2,1H3/b23-17-. The Balaban J connectivity index is 1.26. The van der Waals surface area contributed by atoms with Crippen molar-refractivity contribution in [1.29, 1.82) is 0 Å². The summed E-state index contributed by atoms with van der Waals surface area (Å²) in [5.74, 6) is 0.640. The molecule has 1 saturated heterocycles. The van der Waals surface area contributed by atoms with E-state index < -0.39 is 0 Å². The lowest BCUT2D eigenvalue weighted by atomic mass is 10.1. The maximum atomic E-state index is 12.4. The fourth-order valence-corrected chi connectivity index (χ4v) is 4.97. The number of fused-ring (bicyclic) bond motifs is 1. The summed E-state index contributed by atoms with van der Waals surface area (Å²) in [5.41, 5.74) is 2.24. The molecule has 2 heterocycles. The Hall–Kier alpha value is -3.25. The van der Waals surface area contributed by atoms with Gasteiger partial charge in [0.25, 0.3) is 5.91 Å². The van der Waals surface area contributed by atoms with Crippen molar-refractivity contribution in [3.8, 4) is 5.75 Å². The van der Waals surface area contributed by atoms with Crippen molar-refractivity contribution in [3.05, 3.63) is 77.2 Å². The van der Waals surface area contributed by atoms with Gasteiger partial charge in [-0.05, 0) is 47.0 Å². The average molecular weight is 430 g/mol. The Morgan fingerprint density at radius 1 is 0.903 bits per heavy atom. The van der Waals surface area contributed by atoms with Crippen LogP contribution in [0.1, 0.15) is 5.56 Å². The van der Waals surface area contributed by atoms with E-state index in [1.54, 1.807) is 7.11 Å². The number of aliphatic imine (C=N–C) groups is 1. The summed E-state index contributed by atoms with van der Waals surface area (Å²) in [6.07, 6.45) is 1.90. The molecule has 156 valence electrons. The Labute approximate surface area is 186 Å². The first kappa shape index (κ1) is 19.7. The van der Waals surface area contributed by atoms with Crippen molar-refractivity contribution in [2.75, 3.05) is 38.2 Å². The van der Waals surface area contributed by atoms with Gasteiger partial charge in [-0.1, -0.05) is 48.5 Å². The van der Waals surface area contributed by atoms with Crippen LogP contribution in [0.4, 0.5) is 5.69 Å². The molecule has 3 aromatic carbocycles. The summed E-state index contributed by atoms with van der Waals surface area (Å²) < 4.78 is 5.19. The molecule has 0 radical (unpaired) electrons. The van der Waals surface area contributed by atoms with Crippen LogP contribution in [0, 0.1) is 0 Å². The lowest BCUT2D eigenvalue weighted by Crippen LogP contribution is -2.47. The van der Waals surface area contributed by atoms with Crippen LogP contribution >= 0.6 is 11.8 Å². The van der Waals surface area contributed by atoms with E-state index in [1.165, 1.54) is 28.2 Å². The van der Waals surface area contributed by atoms with Gasteiger partial charge in [0.2, 0.25) is 0 Å². The third kappa shape index (κ3) is 4.03. The molecule has 6 heteroatoms. The molecular formula is C25H23N3O2S. The Morgan fingerprint density at radius 3 is 2.39 bits per heavy atom. The minimum atomic E-state index is -0.160. The summed E-state index contributed by atoms with van der Waals surface area (Å²) in [5, 5.41) is 3.35. The molecule has 0 aromatic heterocycles. The second-order valence-corrected chi connectivity index (χ2v) is 8.56. The number of amidine groups is 1. The number of benzene rings is 3. The van der Waals surface area contributed by atoms with E-state index in [1.807, 2.05) is 30.3 Å². The second kappa shape index (κ2) is 8.47. The van der Waals surface area contributed by atoms with Gasteiger partial charge in [0.15, 0.2) is 5.17 Å². The predicted molar refractivity (Wildman–Crippen MR) is 129 cm³/mol. The van der Waals surface area contributed by atoms with E-state index in [0.29, 0.717) is 4.91 Å². The van der Waals surface area contributed by atoms with Crippen LogP contribution in [-0.4, -0.2) is 49.3 Å². The highest BCUT2D eigenvalue weighted by Crippen LogP contribution is 2.32. The molecule has 5 rings (SSSR count). The van der Waals surface area contributed by atoms with Crippen LogP contribution < -0.4 is 9.64 Å². The van der Waals surface area contributed by atoms with Crippen molar-refractivity contribution in [2.24, 2.45) is 4.99 Å². The molecule has 31 heavy (non-hydrogen) atoms. The molecule has 2 aliphatic heterocycles. The van der Waals surface area contributed by atoms with E-state index in [-0.39, 0.29) is 5.91 Å². The fraction of sp³-hybridized carbons (Fsp3) is 0.200. The van der Waals surface area contributed by atoms with Crippen molar-refractivity contribution in [3.63, 3.8) is 0 Å². The summed E-state index contributed by atoms with van der Waals surface area (Å²) in [4.78, 5) is 22.1. The van der Waals surface area contributed by atoms with Gasteiger partial charge in [-0.25, -0.2) is 0 Å². The van der Waals surface area contributed by atoms with Gasteiger partial charge in [0.05, 0.1) is 12.0 Å². The Kier molecular flexibility index (Phi) is 5.38. The van der Waals surface area contributed by atoms with E-state index in [4.69, 9.17) is 4.74 Å². The normalized spacial score (nSPS) is 18.0. The number of nitrogens with zero attached hydrogens (tertiary/aromatic N) is 3. The third-order valence-electron chi connectivity index (χ3n) is 5.68. The van der Waals surface area contributed by atoms with E-state index in [9.17, 15) is 4.79 Å². The number of carbonyl (C=O) groups is 1. The smallest absolute Gasteiger partial charge is 0.286 e. The average Bonchev–Trinajstić information content (AvgIpc) is 3.19. The molecule has 0 unspecified atom stereocenters. The molecular weight excluding hydrogens is 406 g/mol. The Bertz CT molecular complexity index is 1170. The number of carbonyl (C=O) groups excluding carboxylic acids is 1. The molecule has 0 spiro atoms. The summed E-state index contributed by atoms with van der Waals surface area (Å²) in [6, 6.07) is 22.7. The zero-order chi connectivity index (χ0) is 21.2. The number of amides is 1. The zero-order valence-electron chi connectivity index (χ0n) is 17.3. The van der Waals surface area contributed by atoms with Gasteiger partial charge in [-0.2, -0.15) is 4.99 Å². The summed E-state index contributed by atoms with van der Waals surface area (Å²) >= 11 is 1.47. The van der Waals surface area contributed by atoms with Gasteiger partial charge < -0.3 is 14.5 Å². The van der Waals surface area contributed by atoms with Gasteiger partial charge in [-0.15, -0.1) is 0 Å². The molecule has 1 amide bonds. The van der Waals surface area contributed by atoms with Crippen LogP contribution in [0.2, 0.25) is 0 Å². The molecule has 2 aliphatic rings. The number of piperazine rings is 1. The first-order valence-electron chi connectivity index (χ1n) is 10.4. The van der Waals surface area contributed by atoms with Crippen molar-refractivity contribution in [1.82, 2.24) is 4.90 Å². The largest absolute Gasteiger partial charge is 0.497 e. The monoisotopic (exact) mass is 429 g/mol. The van der Waals surface area contributed by atoms with E-state index in [2.05, 4.69) is 57.3 Å². The number of rotatable bonds is 3. The van der Waals surface area contributed by atoms with Crippen LogP contribution in [-0.2, 0) is 4.79 Å². The van der Waals surface area contributed by atoms with Gasteiger partial charge >= 0.3 is 0 Å². The van der Waals surface area contributed by atoms with Gasteiger partial charge in [0, 0.05) is 37.3 Å². The highest BCUT2D eigenvalue weighted by molar-refractivity contribution is 8.18. The molecule has 0 saturated carbocycles. The molecule has 1 fully saturated rings. The van der Waals surface area contributed by atoms with Crippen molar-refractivity contribution >= 4 is 45.4 Å². The van der Waals surface area contributed by atoms with E-state index >= 15 is 0 Å². The zero-order valence-corrected chi connectivity index (χ0v) is 18.1. The maximum absolute atomic E-state index is 12.4. The lowest BCUT2D eigenvalue weighted by molar-refractivity contribution is -0.113. The molecule has 0 N–H and O–H groups in total. The number of methoxy groups -OCH3 is 1. The molecule has 0 atom stereocenters. The first-order valence-corrected chi connectivity index (χ1v) is 11.2. The molecule has 0 aliphatic carbocycles. The van der Waals surface area contributed by atoms with Crippen molar-refractivity contribution < 1.29 is 9.53 Å². The minimum Gasteiger partial charge on any atom is -0.497 e. The number of ether oxygens (including phenoxy) is 1. The topological polar surface area (TPSA) is 45.1 Å². The summed E-state index contributed by atoms with van der Waals surface area (Å²) in [6.45, 7) is 3.49. The quantitative estimate of drug-likeness (QED) is 0.568. The number of hydrogen-bond acceptors (Lipinski definition) is 5. The highest BCUT2D eigenvalue weighted by atomic mass is 32.2. The Morgan fingerprint density at radius 2 is 1.61 bits per heavy atom. The number of hydrogen-bond donors (Lipinski definition) is 0. The van der Waals surface area contributed by atoms with Crippen molar-refractivity contribution in [2.45, 2.75) is 0 Å². The third-order valence-corrected chi connectivity index (χ3v) is 6.72. The first-order chi connectivity index (χ1) is 15.2. The van der Waals surface area contributed by atoms with Gasteiger partial charge in [0.1, 0.15) is 5.75 Å². The lowest BCUT2D eigenvalue weighted by Gasteiger charge is -2.37. The fourth-order valence-electron chi connectivity index (χ4n) is 4.01. The predicted octanol–water partition coefficient (Wildman–Crippen LogP) is 4.64. The second-order valence-electron chi connectivity index (χ2n) is 7.56. The minimum absolute atomic E-state index is 0.160. The molecule has 3 aromatic rings. The van der Waals surface area contributed by atoms with Crippen LogP contribution in [0.3, 0.4) is 0 Å². The molecule has 5 nitrogen and oxygen atoms in total. The number of anilines is 1. The van der Waals surface area contributed by atoms with E-state index in [0.717, 1.165) is 42.7 Å². The maximum Gasteiger partial charge on any atom is 0.286 e. The number of thioether (sulfide) groups is 1.